The Hall–Kier alpha value is -1.40. The molecule has 0 saturated carbocycles. The summed E-state index contributed by atoms with van der Waals surface area (Å²) in [6.07, 6.45) is 3.28. The Kier molecular flexibility index (Phi) is 5.58. The summed E-state index contributed by atoms with van der Waals surface area (Å²) in [6, 6.07) is 9.77. The number of carbonyl (C=O) groups is 1. The lowest BCUT2D eigenvalue weighted by Crippen LogP contribution is -2.47. The highest BCUT2D eigenvalue weighted by Crippen LogP contribution is 2.24. The molecule has 122 valence electrons. The zero-order chi connectivity index (χ0) is 16.2. The zero-order valence-electron chi connectivity index (χ0n) is 13.2. The fraction of sp³-hybridized carbons (Fsp3) is 0.562. The van der Waals surface area contributed by atoms with E-state index in [1.165, 1.54) is 6.26 Å². The van der Waals surface area contributed by atoms with E-state index in [4.69, 9.17) is 0 Å². The van der Waals surface area contributed by atoms with Crippen LogP contribution < -0.4 is 4.72 Å². The number of nitrogens with zero attached hydrogens (tertiary/aromatic N) is 1. The summed E-state index contributed by atoms with van der Waals surface area (Å²) in [4.78, 5) is 14.6. The first-order valence-electron chi connectivity index (χ1n) is 7.71. The summed E-state index contributed by atoms with van der Waals surface area (Å²) in [5, 5.41) is 0. The van der Waals surface area contributed by atoms with Crippen LogP contribution in [0, 0.1) is 0 Å². The highest BCUT2D eigenvalue weighted by Gasteiger charge is 2.29. The fourth-order valence-corrected chi connectivity index (χ4v) is 3.82. The van der Waals surface area contributed by atoms with Crippen LogP contribution in [0.5, 0.6) is 0 Å². The van der Waals surface area contributed by atoms with Crippen molar-refractivity contribution in [3.63, 3.8) is 0 Å². The third-order valence-electron chi connectivity index (χ3n) is 4.10. The summed E-state index contributed by atoms with van der Waals surface area (Å²) in [7, 11) is -3.18. The van der Waals surface area contributed by atoms with E-state index in [0.717, 1.165) is 12.0 Å². The van der Waals surface area contributed by atoms with E-state index in [1.807, 2.05) is 42.2 Å². The molecule has 1 aromatic rings. The standard InChI is InChI=1S/C16H24N2O3S/c1-3-15(13-7-5-4-6-8-13)16(19)18-11-9-14(10-12-18)17-22(2,20)21/h4-8,14-15,17H,3,9-12H2,1-2H3/t15-/m0/s1. The van der Waals surface area contributed by atoms with Gasteiger partial charge in [-0.05, 0) is 24.8 Å². The molecule has 1 fully saturated rings. The molecule has 0 bridgehead atoms. The van der Waals surface area contributed by atoms with Gasteiger partial charge in [0.15, 0.2) is 0 Å². The Balaban J connectivity index is 1.97. The second-order valence-electron chi connectivity index (χ2n) is 5.86. The van der Waals surface area contributed by atoms with Crippen molar-refractivity contribution in [3.8, 4) is 0 Å². The molecule has 1 N–H and O–H groups in total. The van der Waals surface area contributed by atoms with Gasteiger partial charge in [0.05, 0.1) is 12.2 Å². The summed E-state index contributed by atoms with van der Waals surface area (Å²) >= 11 is 0. The van der Waals surface area contributed by atoms with Gasteiger partial charge in [0.2, 0.25) is 15.9 Å². The number of sulfonamides is 1. The molecule has 1 saturated heterocycles. The molecule has 0 spiro atoms. The molecule has 1 atom stereocenters. The highest BCUT2D eigenvalue weighted by atomic mass is 32.2. The van der Waals surface area contributed by atoms with Gasteiger partial charge in [-0.3, -0.25) is 4.79 Å². The molecule has 0 aliphatic carbocycles. The molecule has 5 nitrogen and oxygen atoms in total. The molecule has 1 aliphatic rings. The number of carbonyl (C=O) groups excluding carboxylic acids is 1. The number of benzene rings is 1. The zero-order valence-corrected chi connectivity index (χ0v) is 14.0. The molecule has 1 aromatic carbocycles. The SMILES string of the molecule is CC[C@H](C(=O)N1CCC(NS(C)(=O)=O)CC1)c1ccccc1. The van der Waals surface area contributed by atoms with Crippen molar-refractivity contribution in [1.29, 1.82) is 0 Å². The van der Waals surface area contributed by atoms with Gasteiger partial charge in [-0.25, -0.2) is 13.1 Å². The largest absolute Gasteiger partial charge is 0.342 e. The van der Waals surface area contributed by atoms with Crippen molar-refractivity contribution in [1.82, 2.24) is 9.62 Å². The van der Waals surface area contributed by atoms with E-state index < -0.39 is 10.0 Å². The summed E-state index contributed by atoms with van der Waals surface area (Å²) < 4.78 is 25.2. The van der Waals surface area contributed by atoms with Crippen LogP contribution in [0.15, 0.2) is 30.3 Å². The van der Waals surface area contributed by atoms with Gasteiger partial charge in [0, 0.05) is 19.1 Å². The lowest BCUT2D eigenvalue weighted by molar-refractivity contribution is -0.134. The number of hydrogen-bond acceptors (Lipinski definition) is 3. The minimum Gasteiger partial charge on any atom is -0.342 e. The molecule has 0 aromatic heterocycles. The minimum absolute atomic E-state index is 0.0594. The first-order chi connectivity index (χ1) is 10.4. The monoisotopic (exact) mass is 324 g/mol. The van der Waals surface area contributed by atoms with Gasteiger partial charge in [-0.1, -0.05) is 37.3 Å². The quantitative estimate of drug-likeness (QED) is 0.897. The molecular weight excluding hydrogens is 300 g/mol. The average Bonchev–Trinajstić information content (AvgIpc) is 2.48. The molecule has 1 amide bonds. The number of rotatable bonds is 5. The smallest absolute Gasteiger partial charge is 0.230 e. The maximum atomic E-state index is 12.7. The van der Waals surface area contributed by atoms with Crippen molar-refractivity contribution in [3.05, 3.63) is 35.9 Å². The first kappa shape index (κ1) is 17.0. The van der Waals surface area contributed by atoms with E-state index in [9.17, 15) is 13.2 Å². The summed E-state index contributed by atoms with van der Waals surface area (Å²) in [5.41, 5.74) is 1.05. The lowest BCUT2D eigenvalue weighted by atomic mass is 9.94. The van der Waals surface area contributed by atoms with Crippen LogP contribution in [0.2, 0.25) is 0 Å². The predicted octanol–water partition coefficient (Wildman–Crippen LogP) is 1.72. The highest BCUT2D eigenvalue weighted by molar-refractivity contribution is 7.88. The topological polar surface area (TPSA) is 66.5 Å². The molecule has 1 heterocycles. The number of hydrogen-bond donors (Lipinski definition) is 1. The maximum absolute atomic E-state index is 12.7. The Morgan fingerprint density at radius 2 is 1.86 bits per heavy atom. The van der Waals surface area contributed by atoms with Gasteiger partial charge in [-0.2, -0.15) is 0 Å². The third-order valence-corrected chi connectivity index (χ3v) is 4.86. The van der Waals surface area contributed by atoms with E-state index in [-0.39, 0.29) is 17.9 Å². The van der Waals surface area contributed by atoms with E-state index in [1.54, 1.807) is 0 Å². The molecule has 22 heavy (non-hydrogen) atoms. The molecule has 6 heteroatoms. The van der Waals surface area contributed by atoms with Crippen LogP contribution in [0.25, 0.3) is 0 Å². The third kappa shape index (κ3) is 4.55. The Morgan fingerprint density at radius 3 is 2.36 bits per heavy atom. The molecular formula is C16H24N2O3S. The van der Waals surface area contributed by atoms with E-state index >= 15 is 0 Å². The minimum atomic E-state index is -3.18. The van der Waals surface area contributed by atoms with Gasteiger partial charge >= 0.3 is 0 Å². The predicted molar refractivity (Wildman–Crippen MR) is 87.1 cm³/mol. The Labute approximate surface area is 132 Å². The summed E-state index contributed by atoms with van der Waals surface area (Å²) in [5.74, 6) is 0.0344. The molecule has 2 rings (SSSR count). The first-order valence-corrected chi connectivity index (χ1v) is 9.61. The normalized spacial score (nSPS) is 18.2. The van der Waals surface area contributed by atoms with Gasteiger partial charge in [0.1, 0.15) is 0 Å². The van der Waals surface area contributed by atoms with Crippen LogP contribution in [0.1, 0.15) is 37.7 Å². The van der Waals surface area contributed by atoms with Crippen LogP contribution in [0.4, 0.5) is 0 Å². The van der Waals surface area contributed by atoms with Crippen molar-refractivity contribution >= 4 is 15.9 Å². The van der Waals surface area contributed by atoms with Crippen LogP contribution in [0.3, 0.4) is 0 Å². The molecule has 1 aliphatic heterocycles. The van der Waals surface area contributed by atoms with Crippen molar-refractivity contribution in [2.75, 3.05) is 19.3 Å². The molecule has 0 unspecified atom stereocenters. The number of amides is 1. The summed E-state index contributed by atoms with van der Waals surface area (Å²) in [6.45, 7) is 3.23. The molecule has 0 radical (unpaired) electrons. The van der Waals surface area contributed by atoms with Crippen LogP contribution in [-0.4, -0.2) is 44.6 Å². The number of piperidine rings is 1. The van der Waals surface area contributed by atoms with Crippen molar-refractivity contribution in [2.24, 2.45) is 0 Å². The maximum Gasteiger partial charge on any atom is 0.230 e. The Morgan fingerprint density at radius 1 is 1.27 bits per heavy atom. The number of likely N-dealkylation sites (tertiary alicyclic amines) is 1. The second kappa shape index (κ2) is 7.24. The fourth-order valence-electron chi connectivity index (χ4n) is 2.98. The van der Waals surface area contributed by atoms with Crippen LogP contribution >= 0.6 is 0 Å². The van der Waals surface area contributed by atoms with Crippen LogP contribution in [-0.2, 0) is 14.8 Å². The van der Waals surface area contributed by atoms with Gasteiger partial charge in [0.25, 0.3) is 0 Å². The second-order valence-corrected chi connectivity index (χ2v) is 7.64. The van der Waals surface area contributed by atoms with Gasteiger partial charge < -0.3 is 4.90 Å². The lowest BCUT2D eigenvalue weighted by Gasteiger charge is -2.34. The van der Waals surface area contributed by atoms with Crippen molar-refractivity contribution in [2.45, 2.75) is 38.1 Å². The van der Waals surface area contributed by atoms with Crippen molar-refractivity contribution < 1.29 is 13.2 Å². The van der Waals surface area contributed by atoms with E-state index in [0.29, 0.717) is 25.9 Å². The Bertz CT molecular complexity index is 593. The average molecular weight is 324 g/mol. The number of nitrogens with one attached hydrogen (secondary N) is 1. The van der Waals surface area contributed by atoms with E-state index in [2.05, 4.69) is 4.72 Å². The van der Waals surface area contributed by atoms with Gasteiger partial charge in [-0.15, -0.1) is 0 Å².